The van der Waals surface area contributed by atoms with Crippen LogP contribution in [0.3, 0.4) is 0 Å². The van der Waals surface area contributed by atoms with E-state index in [-0.39, 0.29) is 158 Å². The van der Waals surface area contributed by atoms with Gasteiger partial charge in [0.2, 0.25) is 0 Å². The second-order valence-corrected chi connectivity index (χ2v) is 3.03. The van der Waals surface area contributed by atoms with Crippen LogP contribution in [-0.4, -0.2) is 61.6 Å². The van der Waals surface area contributed by atoms with E-state index in [1.165, 1.54) is 27.1 Å². The van der Waals surface area contributed by atoms with Crippen molar-refractivity contribution in [2.24, 2.45) is 0 Å². The Labute approximate surface area is 320 Å². The number of hydrogen-bond donors (Lipinski definition) is 2. The minimum absolute atomic E-state index is 0. The van der Waals surface area contributed by atoms with Crippen molar-refractivity contribution in [2.75, 3.05) is 14.2 Å². The van der Waals surface area contributed by atoms with Crippen molar-refractivity contribution in [3.05, 3.63) is 20.1 Å². The van der Waals surface area contributed by atoms with E-state index < -0.39 is 11.9 Å². The summed E-state index contributed by atoms with van der Waals surface area (Å²) in [7, 11) is 2.57. The first-order valence-corrected chi connectivity index (χ1v) is 7.49. The minimum Gasteiger partial charge on any atom is -0.655 e. The van der Waals surface area contributed by atoms with Crippen LogP contribution >= 0.6 is 0 Å². The van der Waals surface area contributed by atoms with Crippen LogP contribution in [0.1, 0.15) is 92.0 Å². The number of rotatable bonds is 2. The molecule has 0 saturated heterocycles. The first-order chi connectivity index (χ1) is 13.9. The second-order valence-electron chi connectivity index (χ2n) is 3.03. The number of aliphatic carboxylic acids is 2. The Morgan fingerprint density at radius 1 is 0.738 bits per heavy atom. The van der Waals surface area contributed by atoms with Gasteiger partial charge in [-0.2, -0.15) is 25.6 Å². The SMILES string of the molecule is C.C.C.C.C.C.C=C.CC(=O)O.CC(=O)O.CCC.COC=O.CO[C-]=O.O=C=O.O=C=O.[CH2-]CC.[Co].[Co].[Co].[Co].[Co].[Co]. The van der Waals surface area contributed by atoms with Gasteiger partial charge >= 0.3 is 12.3 Å². The molecule has 0 saturated carbocycles. The quantitative estimate of drug-likeness (QED) is 0.194. The fourth-order valence-corrected chi connectivity index (χ4v) is 0. The molecule has 282 valence electrons. The summed E-state index contributed by atoms with van der Waals surface area (Å²) in [6, 6.07) is 0. The largest absolute Gasteiger partial charge is 0.655 e. The number of carboxylic acids is 2. The average Bonchev–Trinajstić information content (AvgIpc) is 2.65. The zero-order chi connectivity index (χ0) is 26.8. The maximum absolute atomic E-state index is 9.00. The molecule has 0 aromatic heterocycles. The van der Waals surface area contributed by atoms with E-state index in [1.54, 1.807) is 0 Å². The van der Waals surface area contributed by atoms with Gasteiger partial charge < -0.3 is 31.4 Å². The molecule has 18 heteroatoms. The Hall–Kier alpha value is -0.581. The summed E-state index contributed by atoms with van der Waals surface area (Å²) in [5, 5.41) is 14.8. The number of hydrogen-bond acceptors (Lipinski definition) is 10. The summed E-state index contributed by atoms with van der Waals surface area (Å²) < 4.78 is 7.60. The van der Waals surface area contributed by atoms with Crippen LogP contribution in [-0.2, 0) is 149 Å². The van der Waals surface area contributed by atoms with E-state index in [0.717, 1.165) is 20.3 Å². The molecule has 12 nitrogen and oxygen atoms in total. The number of ether oxygens (including phenoxy) is 2. The van der Waals surface area contributed by atoms with Crippen molar-refractivity contribution < 1.29 is 159 Å². The molecule has 0 aromatic rings. The second kappa shape index (κ2) is 349. The Kier molecular flexibility index (Phi) is 1350. The molecule has 0 atom stereocenters. The molecule has 2 N–H and O–H groups in total. The first-order valence-electron chi connectivity index (χ1n) is 7.49. The maximum atomic E-state index is 9.00. The third-order valence-corrected chi connectivity index (χ3v) is 0.180. The van der Waals surface area contributed by atoms with Gasteiger partial charge in [-0.1, -0.05) is 78.2 Å². The minimum atomic E-state index is -0.833. The van der Waals surface area contributed by atoms with Crippen LogP contribution in [0.4, 0.5) is 0 Å². The Morgan fingerprint density at radius 2 is 0.786 bits per heavy atom. The molecule has 0 spiro atoms. The Morgan fingerprint density at radius 3 is 0.786 bits per heavy atom. The van der Waals surface area contributed by atoms with Crippen molar-refractivity contribution >= 4 is 37.2 Å². The zero-order valence-electron chi connectivity index (χ0n) is 20.6. The summed E-state index contributed by atoms with van der Waals surface area (Å²) >= 11 is 0. The van der Waals surface area contributed by atoms with Gasteiger partial charge in [0.15, 0.2) is 0 Å². The molecule has 0 rings (SSSR count). The molecule has 0 aliphatic carbocycles. The summed E-state index contributed by atoms with van der Waals surface area (Å²) in [6.07, 6.45) is 2.75. The van der Waals surface area contributed by atoms with E-state index in [4.69, 9.17) is 48.6 Å². The van der Waals surface area contributed by atoms with E-state index in [2.05, 4.69) is 43.4 Å². The molecule has 0 fully saturated rings. The van der Waals surface area contributed by atoms with Crippen molar-refractivity contribution in [1.82, 2.24) is 0 Å². The molecule has 6 radical (unpaired) electrons. The van der Waals surface area contributed by atoms with Crippen LogP contribution in [0.15, 0.2) is 13.2 Å². The van der Waals surface area contributed by atoms with Crippen LogP contribution in [0.5, 0.6) is 0 Å². The number of methoxy groups -OCH3 is 2. The molecular weight excluding hydrogens is 834 g/mol. The van der Waals surface area contributed by atoms with Crippen molar-refractivity contribution in [3.8, 4) is 0 Å². The van der Waals surface area contributed by atoms with Crippen LogP contribution in [0.25, 0.3) is 0 Å². The molecule has 0 amide bonds. The molecule has 0 aliphatic heterocycles. The van der Waals surface area contributed by atoms with Crippen LogP contribution in [0, 0.1) is 6.92 Å². The molecule has 42 heavy (non-hydrogen) atoms. The van der Waals surface area contributed by atoms with Crippen molar-refractivity contribution in [3.63, 3.8) is 0 Å². The topological polar surface area (TPSA) is 195 Å². The number of carbonyl (C=O) groups excluding carboxylic acids is 6. The fourth-order valence-electron chi connectivity index (χ4n) is 0. The van der Waals surface area contributed by atoms with E-state index in [9.17, 15) is 0 Å². The van der Waals surface area contributed by atoms with Gasteiger partial charge in [0.1, 0.15) is 0 Å². The van der Waals surface area contributed by atoms with Crippen LogP contribution in [0.2, 0.25) is 0 Å². The van der Waals surface area contributed by atoms with E-state index >= 15 is 0 Å². The smallest absolute Gasteiger partial charge is 0.373 e. The third kappa shape index (κ3) is 28900. The summed E-state index contributed by atoms with van der Waals surface area (Å²) in [5.41, 5.74) is 0. The van der Waals surface area contributed by atoms with Gasteiger partial charge in [0, 0.05) is 122 Å². The predicted molar refractivity (Wildman–Crippen MR) is 146 cm³/mol. The molecule has 0 aliphatic rings. The first kappa shape index (κ1) is 162. The zero-order valence-corrected chi connectivity index (χ0v) is 26.8. The standard InChI is InChI=1S/C3H8.C3H7.C2H4O2.C2H3O2.2C2H4O2.C2H4.2CO2.6CH4.6Co/c2*1-3-2;2*1-4-2-3;2*1-2(3)4;1-2;2*2-1-3;;;;;;;;;;;;/h3H2,1-2H3;1,3H2,2H3;2H,1H3;1H3;2*1H3,(H,3,4);1-2H2;;;6*1H4;;;;;;/q;-1;;-1;;;;;;;;;;;;;;;;;. The summed E-state index contributed by atoms with van der Waals surface area (Å²) in [5.74, 6) is -1.67. The van der Waals surface area contributed by atoms with E-state index in [1.807, 2.05) is 6.92 Å². The molecular formula is C24H58Co6O12-2. The number of carboxylic acid groups (broad SMARTS) is 2. The van der Waals surface area contributed by atoms with Gasteiger partial charge in [-0.25, -0.2) is 0 Å². The Bertz CT molecular complexity index is 343. The summed E-state index contributed by atoms with van der Waals surface area (Å²) in [4.78, 5) is 68.3. The summed E-state index contributed by atoms with van der Waals surface area (Å²) in [6.45, 7) is 19.5. The molecule has 0 aromatic carbocycles. The van der Waals surface area contributed by atoms with Crippen LogP contribution < -0.4 is 0 Å². The third-order valence-electron chi connectivity index (χ3n) is 0.180. The van der Waals surface area contributed by atoms with Gasteiger partial charge in [-0.15, -0.1) is 13.2 Å². The average molecular weight is 892 g/mol. The maximum Gasteiger partial charge on any atom is 0.373 e. The van der Waals surface area contributed by atoms with Gasteiger partial charge in [0.25, 0.3) is 18.4 Å². The van der Waals surface area contributed by atoms with Gasteiger partial charge in [0.05, 0.1) is 7.11 Å². The number of carbonyl (C=O) groups is 3. The molecule has 0 heterocycles. The van der Waals surface area contributed by atoms with Gasteiger partial charge in [-0.05, 0) is 0 Å². The Balaban J connectivity index is -0.00000000603. The van der Waals surface area contributed by atoms with Gasteiger partial charge in [-0.3, -0.25) is 14.4 Å². The van der Waals surface area contributed by atoms with Crippen molar-refractivity contribution in [1.29, 1.82) is 0 Å². The fraction of sp³-hybridized carbons (Fsp3) is 0.625. The van der Waals surface area contributed by atoms with E-state index in [0.29, 0.717) is 6.47 Å². The predicted octanol–water partition coefficient (Wildman–Crippen LogP) is 5.75. The molecule has 0 bridgehead atoms. The van der Waals surface area contributed by atoms with Crippen molar-refractivity contribution in [2.45, 2.75) is 92.0 Å². The normalized spacial score (nSPS) is 3.52. The monoisotopic (exact) mass is 892 g/mol. The molecule has 0 unspecified atom stereocenters.